The fourth-order valence-corrected chi connectivity index (χ4v) is 6.77. The summed E-state index contributed by atoms with van der Waals surface area (Å²) < 4.78 is 5.15. The third-order valence-corrected chi connectivity index (χ3v) is 7.73. The minimum absolute atomic E-state index is 0.210. The lowest BCUT2D eigenvalue weighted by Gasteiger charge is -2.56. The van der Waals surface area contributed by atoms with Gasteiger partial charge in [-0.05, 0) is 80.8 Å². The van der Waals surface area contributed by atoms with Gasteiger partial charge in [0.2, 0.25) is 0 Å². The van der Waals surface area contributed by atoms with E-state index in [0.29, 0.717) is 6.54 Å². The molecule has 1 aromatic rings. The molecule has 5 aliphatic rings. The Labute approximate surface area is 181 Å². The van der Waals surface area contributed by atoms with E-state index in [9.17, 15) is 19.2 Å². The minimum Gasteiger partial charge on any atom is -0.454 e. The van der Waals surface area contributed by atoms with Crippen LogP contribution in [0, 0.1) is 23.2 Å². The van der Waals surface area contributed by atoms with Gasteiger partial charge in [-0.3, -0.25) is 19.3 Å². The molecule has 1 aromatic carbocycles. The summed E-state index contributed by atoms with van der Waals surface area (Å²) in [6.45, 7) is 1.68. The third kappa shape index (κ3) is 3.54. The number of nitrogens with zero attached hydrogens (tertiary/aromatic N) is 1. The predicted octanol–water partition coefficient (Wildman–Crippen LogP) is 2.55. The largest absolute Gasteiger partial charge is 0.454 e. The van der Waals surface area contributed by atoms with Crippen LogP contribution >= 0.6 is 0 Å². The van der Waals surface area contributed by atoms with Crippen LogP contribution in [0.3, 0.4) is 0 Å². The van der Waals surface area contributed by atoms with Crippen molar-refractivity contribution >= 4 is 23.7 Å². The maximum Gasteiger partial charge on any atom is 0.329 e. The van der Waals surface area contributed by atoms with E-state index in [2.05, 4.69) is 5.32 Å². The molecular weight excluding hydrogens is 396 g/mol. The average Bonchev–Trinajstić information content (AvgIpc) is 2.99. The van der Waals surface area contributed by atoms with Gasteiger partial charge in [-0.25, -0.2) is 4.79 Å². The number of carbonyl (C=O) groups is 4. The van der Waals surface area contributed by atoms with Gasteiger partial charge in [-0.15, -0.1) is 0 Å². The van der Waals surface area contributed by atoms with Crippen molar-refractivity contribution < 1.29 is 23.9 Å². The molecule has 164 valence electrons. The molecule has 0 unspecified atom stereocenters. The van der Waals surface area contributed by atoms with Gasteiger partial charge in [-0.1, -0.05) is 12.1 Å². The maximum atomic E-state index is 12.5. The zero-order valence-corrected chi connectivity index (χ0v) is 17.8. The van der Waals surface area contributed by atoms with Crippen LogP contribution in [-0.4, -0.2) is 47.8 Å². The summed E-state index contributed by atoms with van der Waals surface area (Å²) in [5.41, 5.74) is 0.767. The summed E-state index contributed by atoms with van der Waals surface area (Å²) in [6, 6.07) is 5.37. The molecule has 31 heavy (non-hydrogen) atoms. The molecule has 0 aromatic heterocycles. The van der Waals surface area contributed by atoms with Gasteiger partial charge in [0.15, 0.2) is 6.61 Å². The first kappa shape index (κ1) is 20.2. The molecule has 4 saturated carbocycles. The molecule has 7 nitrogen and oxygen atoms in total. The summed E-state index contributed by atoms with van der Waals surface area (Å²) in [5, 5.41) is 2.97. The molecule has 1 heterocycles. The standard InChI is InChI=1S/C24H28N2O5/c1-14(26-21(28)18-4-2-3-5-19(18)22(26)29)23(30)31-12-20(27)25-13-24-9-15-6-16(10-24)8-17(7-15)11-24/h2-5,14-17H,6-13H2,1H3,(H,25,27)/t14-,15?,16?,17?,24?/m1/s1. The number of benzene rings is 1. The topological polar surface area (TPSA) is 92.8 Å². The molecule has 4 fully saturated rings. The lowest BCUT2D eigenvalue weighted by atomic mass is 9.49. The molecule has 0 spiro atoms. The monoisotopic (exact) mass is 424 g/mol. The molecule has 7 heteroatoms. The highest BCUT2D eigenvalue weighted by Crippen LogP contribution is 2.59. The van der Waals surface area contributed by atoms with E-state index in [4.69, 9.17) is 4.74 Å². The summed E-state index contributed by atoms with van der Waals surface area (Å²) in [7, 11) is 0. The Hall–Kier alpha value is -2.70. The molecule has 3 amide bonds. The predicted molar refractivity (Wildman–Crippen MR) is 111 cm³/mol. The highest BCUT2D eigenvalue weighted by atomic mass is 16.5. The van der Waals surface area contributed by atoms with Crippen LogP contribution in [0.2, 0.25) is 0 Å². The number of amides is 3. The molecular formula is C24H28N2O5. The molecule has 0 radical (unpaired) electrons. The van der Waals surface area contributed by atoms with E-state index < -0.39 is 30.4 Å². The Balaban J connectivity index is 1.13. The van der Waals surface area contributed by atoms with Crippen molar-refractivity contribution in [3.8, 4) is 0 Å². The third-order valence-electron chi connectivity index (χ3n) is 7.73. The first-order valence-electron chi connectivity index (χ1n) is 11.3. The first-order valence-corrected chi connectivity index (χ1v) is 11.3. The molecule has 0 saturated heterocycles. The van der Waals surface area contributed by atoms with Gasteiger partial charge in [0, 0.05) is 6.54 Å². The van der Waals surface area contributed by atoms with E-state index in [1.807, 2.05) is 0 Å². The molecule has 1 N–H and O–H groups in total. The van der Waals surface area contributed by atoms with Gasteiger partial charge in [0.1, 0.15) is 6.04 Å². The fraction of sp³-hybridized carbons (Fsp3) is 0.583. The molecule has 1 aliphatic heterocycles. The zero-order chi connectivity index (χ0) is 21.8. The van der Waals surface area contributed by atoms with Crippen molar-refractivity contribution in [1.29, 1.82) is 0 Å². The van der Waals surface area contributed by atoms with Crippen LogP contribution in [-0.2, 0) is 14.3 Å². The van der Waals surface area contributed by atoms with Gasteiger partial charge < -0.3 is 10.1 Å². The minimum atomic E-state index is -1.09. The number of fused-ring (bicyclic) bond motifs is 1. The number of hydrogen-bond acceptors (Lipinski definition) is 5. The van der Waals surface area contributed by atoms with Crippen LogP contribution in [0.1, 0.15) is 66.2 Å². The Kier molecular flexibility index (Phi) is 4.87. The van der Waals surface area contributed by atoms with Gasteiger partial charge in [-0.2, -0.15) is 0 Å². The Morgan fingerprint density at radius 2 is 1.55 bits per heavy atom. The van der Waals surface area contributed by atoms with Crippen LogP contribution < -0.4 is 5.32 Å². The van der Waals surface area contributed by atoms with Gasteiger partial charge >= 0.3 is 5.97 Å². The van der Waals surface area contributed by atoms with Gasteiger partial charge in [0.05, 0.1) is 11.1 Å². The number of ether oxygens (including phenoxy) is 1. The van der Waals surface area contributed by atoms with Gasteiger partial charge in [0.25, 0.3) is 17.7 Å². The summed E-state index contributed by atoms with van der Waals surface area (Å²) in [5.74, 6) is 0.287. The van der Waals surface area contributed by atoms with Crippen molar-refractivity contribution in [2.24, 2.45) is 23.2 Å². The smallest absolute Gasteiger partial charge is 0.329 e. The number of rotatable bonds is 6. The summed E-state index contributed by atoms with van der Waals surface area (Å²) in [6.07, 6.45) is 7.61. The SMILES string of the molecule is C[C@H](C(=O)OCC(=O)NCC12CC3CC(CC(C3)C1)C2)N1C(=O)c2ccccc2C1=O. The number of carbonyl (C=O) groups excluding carboxylic acids is 4. The van der Waals surface area contributed by atoms with E-state index in [0.717, 1.165) is 22.7 Å². The van der Waals surface area contributed by atoms with E-state index in [-0.39, 0.29) is 22.4 Å². The van der Waals surface area contributed by atoms with Crippen molar-refractivity contribution in [1.82, 2.24) is 10.2 Å². The Morgan fingerprint density at radius 3 is 2.06 bits per heavy atom. The van der Waals surface area contributed by atoms with E-state index in [1.54, 1.807) is 24.3 Å². The van der Waals surface area contributed by atoms with Crippen molar-refractivity contribution in [3.05, 3.63) is 35.4 Å². The van der Waals surface area contributed by atoms with E-state index >= 15 is 0 Å². The number of imide groups is 1. The highest BCUT2D eigenvalue weighted by molar-refractivity contribution is 6.22. The van der Waals surface area contributed by atoms with Crippen LogP contribution in [0.15, 0.2) is 24.3 Å². The van der Waals surface area contributed by atoms with Crippen LogP contribution in [0.4, 0.5) is 0 Å². The maximum absolute atomic E-state index is 12.5. The zero-order valence-electron chi connectivity index (χ0n) is 17.8. The van der Waals surface area contributed by atoms with Crippen molar-refractivity contribution in [2.75, 3.05) is 13.2 Å². The number of hydrogen-bond donors (Lipinski definition) is 1. The lowest BCUT2D eigenvalue weighted by molar-refractivity contribution is -0.152. The summed E-state index contributed by atoms with van der Waals surface area (Å²) >= 11 is 0. The first-order chi connectivity index (χ1) is 14.8. The normalized spacial score (nSPS) is 31.5. The lowest BCUT2D eigenvalue weighted by Crippen LogP contribution is -2.51. The second kappa shape index (κ2) is 7.46. The summed E-state index contributed by atoms with van der Waals surface area (Å²) in [4.78, 5) is 50.7. The van der Waals surface area contributed by atoms with Crippen molar-refractivity contribution in [3.63, 3.8) is 0 Å². The average molecular weight is 424 g/mol. The Bertz CT molecular complexity index is 885. The quantitative estimate of drug-likeness (QED) is 0.560. The van der Waals surface area contributed by atoms with Crippen LogP contribution in [0.5, 0.6) is 0 Å². The second-order valence-corrected chi connectivity index (χ2v) is 10.0. The van der Waals surface area contributed by atoms with E-state index in [1.165, 1.54) is 45.4 Å². The van der Waals surface area contributed by atoms with Crippen LogP contribution in [0.25, 0.3) is 0 Å². The molecule has 4 aliphatic carbocycles. The second-order valence-electron chi connectivity index (χ2n) is 10.0. The number of nitrogens with one attached hydrogen (secondary N) is 1. The molecule has 6 rings (SSSR count). The fourth-order valence-electron chi connectivity index (χ4n) is 6.77. The molecule has 4 bridgehead atoms. The highest BCUT2D eigenvalue weighted by Gasteiger charge is 2.50. The number of esters is 1. The van der Waals surface area contributed by atoms with Crippen molar-refractivity contribution in [2.45, 2.75) is 51.5 Å². The Morgan fingerprint density at radius 1 is 1.03 bits per heavy atom. The molecule has 1 atom stereocenters.